The van der Waals surface area contributed by atoms with Crippen molar-refractivity contribution < 1.29 is 9.53 Å². The van der Waals surface area contributed by atoms with E-state index in [9.17, 15) is 4.79 Å². The second-order valence-corrected chi connectivity index (χ2v) is 8.24. The van der Waals surface area contributed by atoms with Crippen LogP contribution < -0.4 is 10.6 Å². The Bertz CT molecular complexity index is 1020. The zero-order chi connectivity index (χ0) is 18.8. The molecule has 0 saturated carbocycles. The van der Waals surface area contributed by atoms with E-state index < -0.39 is 5.97 Å². The predicted octanol–water partition coefficient (Wildman–Crippen LogP) is 6.22. The maximum Gasteiger partial charge on any atom is 0.349 e. The Morgan fingerprint density at radius 2 is 2.00 bits per heavy atom. The highest BCUT2D eigenvalue weighted by atomic mass is 79.9. The van der Waals surface area contributed by atoms with E-state index in [2.05, 4.69) is 26.6 Å². The van der Waals surface area contributed by atoms with Crippen LogP contribution in [0.25, 0.3) is 10.1 Å². The van der Waals surface area contributed by atoms with Crippen LogP contribution >= 0.6 is 51.1 Å². The number of carbonyl (C=O) groups excluding carboxylic acids is 1. The van der Waals surface area contributed by atoms with Gasteiger partial charge in [0.2, 0.25) is 0 Å². The van der Waals surface area contributed by atoms with Gasteiger partial charge in [-0.15, -0.1) is 11.3 Å². The minimum Gasteiger partial charge on any atom is -0.465 e. The van der Waals surface area contributed by atoms with Crippen LogP contribution in [0.1, 0.15) is 15.2 Å². The molecule has 4 nitrogen and oxygen atoms in total. The molecule has 0 aliphatic rings. The van der Waals surface area contributed by atoms with Gasteiger partial charge in [-0.25, -0.2) is 4.79 Å². The van der Waals surface area contributed by atoms with Crippen molar-refractivity contribution in [2.75, 3.05) is 17.7 Å². The fourth-order valence-electron chi connectivity index (χ4n) is 2.42. The summed E-state index contributed by atoms with van der Waals surface area (Å²) < 4.78 is 6.66. The Balaban J connectivity index is 1.80. The number of fused-ring (bicyclic) bond motifs is 1. The van der Waals surface area contributed by atoms with Gasteiger partial charge < -0.3 is 15.4 Å². The molecule has 0 atom stereocenters. The number of hydrogen-bond acceptors (Lipinski definition) is 4. The molecule has 8 heteroatoms. The van der Waals surface area contributed by atoms with Gasteiger partial charge in [-0.05, 0) is 61.1 Å². The average molecular weight is 470 g/mol. The number of halogens is 2. The van der Waals surface area contributed by atoms with E-state index in [4.69, 9.17) is 28.6 Å². The van der Waals surface area contributed by atoms with Gasteiger partial charge in [-0.2, -0.15) is 0 Å². The fourth-order valence-corrected chi connectivity index (χ4v) is 4.59. The second kappa shape index (κ2) is 7.92. The lowest BCUT2D eigenvalue weighted by molar-refractivity contribution is 0.0606. The summed E-state index contributed by atoms with van der Waals surface area (Å²) in [5, 5.41) is 8.03. The molecule has 2 aromatic carbocycles. The number of hydrogen-bond donors (Lipinski definition) is 2. The summed E-state index contributed by atoms with van der Waals surface area (Å²) in [6, 6.07) is 11.5. The van der Waals surface area contributed by atoms with Gasteiger partial charge in [0.25, 0.3) is 0 Å². The minimum atomic E-state index is -0.436. The van der Waals surface area contributed by atoms with E-state index in [-0.39, 0.29) is 0 Å². The maximum absolute atomic E-state index is 11.8. The van der Waals surface area contributed by atoms with E-state index >= 15 is 0 Å². The molecule has 3 aromatic rings. The van der Waals surface area contributed by atoms with Crippen LogP contribution in [0.4, 0.5) is 11.4 Å². The highest BCUT2D eigenvalue weighted by molar-refractivity contribution is 9.10. The molecule has 0 fully saturated rings. The van der Waals surface area contributed by atoms with Gasteiger partial charge in [0.15, 0.2) is 5.11 Å². The van der Waals surface area contributed by atoms with Gasteiger partial charge in [0.1, 0.15) is 4.88 Å². The third-order valence-electron chi connectivity index (χ3n) is 3.69. The topological polar surface area (TPSA) is 50.4 Å². The molecule has 0 spiro atoms. The van der Waals surface area contributed by atoms with E-state index in [1.165, 1.54) is 18.4 Å². The van der Waals surface area contributed by atoms with Crippen molar-refractivity contribution in [2.45, 2.75) is 6.92 Å². The zero-order valence-electron chi connectivity index (χ0n) is 13.9. The molecular weight excluding hydrogens is 456 g/mol. The average Bonchev–Trinajstić information content (AvgIpc) is 2.93. The number of nitrogens with one attached hydrogen (secondary N) is 2. The number of thiocarbonyl (C=S) groups is 1. The molecule has 26 heavy (non-hydrogen) atoms. The van der Waals surface area contributed by atoms with Crippen LogP contribution in [0.2, 0.25) is 5.02 Å². The van der Waals surface area contributed by atoms with Crippen LogP contribution in [-0.4, -0.2) is 18.2 Å². The summed E-state index contributed by atoms with van der Waals surface area (Å²) in [5.41, 5.74) is 2.81. The van der Waals surface area contributed by atoms with E-state index in [0.717, 1.165) is 31.5 Å². The first kappa shape index (κ1) is 19.1. The summed E-state index contributed by atoms with van der Waals surface area (Å²) in [4.78, 5) is 12.2. The van der Waals surface area contributed by atoms with Crippen LogP contribution in [0.15, 0.2) is 40.9 Å². The van der Waals surface area contributed by atoms with Crippen molar-refractivity contribution >= 4 is 83.6 Å². The summed E-state index contributed by atoms with van der Waals surface area (Å²) >= 11 is 16.4. The predicted molar refractivity (Wildman–Crippen MR) is 117 cm³/mol. The fraction of sp³-hybridized carbons (Fsp3) is 0.111. The Morgan fingerprint density at radius 1 is 1.23 bits per heavy atom. The molecule has 0 amide bonds. The molecule has 1 aromatic heterocycles. The molecule has 0 saturated heterocycles. The first-order valence-corrected chi connectivity index (χ1v) is 9.93. The number of methoxy groups -OCH3 is 1. The standard InChI is InChI=1S/C18H14BrClN2O2S2/c1-9-7-10(19)3-6-13(9)22-18(25)21-11-4-5-12-14(8-11)26-16(15(12)20)17(23)24-2/h3-8H,1-2H3,(H2,21,22,25). The van der Waals surface area contributed by atoms with Crippen LogP contribution in [0, 0.1) is 6.92 Å². The van der Waals surface area contributed by atoms with Crippen molar-refractivity contribution in [3.05, 3.63) is 56.3 Å². The maximum atomic E-state index is 11.8. The first-order valence-electron chi connectivity index (χ1n) is 7.53. The number of anilines is 2. The zero-order valence-corrected chi connectivity index (χ0v) is 17.8. The molecule has 0 radical (unpaired) electrons. The second-order valence-electron chi connectivity index (χ2n) is 5.49. The number of ether oxygens (including phenoxy) is 1. The number of carbonyl (C=O) groups is 1. The van der Waals surface area contributed by atoms with E-state index in [1.807, 2.05) is 43.3 Å². The van der Waals surface area contributed by atoms with Crippen LogP contribution in [0.5, 0.6) is 0 Å². The largest absolute Gasteiger partial charge is 0.465 e. The summed E-state index contributed by atoms with van der Waals surface area (Å²) in [7, 11) is 1.34. The highest BCUT2D eigenvalue weighted by Gasteiger charge is 2.17. The van der Waals surface area contributed by atoms with Crippen molar-refractivity contribution in [3.63, 3.8) is 0 Å². The number of benzene rings is 2. The number of thiophene rings is 1. The van der Waals surface area contributed by atoms with Crippen molar-refractivity contribution in [1.29, 1.82) is 0 Å². The number of esters is 1. The Morgan fingerprint density at radius 3 is 2.69 bits per heavy atom. The molecule has 134 valence electrons. The van der Waals surface area contributed by atoms with Crippen molar-refractivity contribution in [3.8, 4) is 0 Å². The summed E-state index contributed by atoms with van der Waals surface area (Å²) in [5.74, 6) is -0.436. The first-order chi connectivity index (χ1) is 12.4. The smallest absolute Gasteiger partial charge is 0.349 e. The Kier molecular flexibility index (Phi) is 5.82. The number of rotatable bonds is 3. The van der Waals surface area contributed by atoms with E-state index in [0.29, 0.717) is 15.0 Å². The van der Waals surface area contributed by atoms with Gasteiger partial charge in [-0.3, -0.25) is 0 Å². The molecular formula is C18H14BrClN2O2S2. The third kappa shape index (κ3) is 4.01. The quantitative estimate of drug-likeness (QED) is 0.352. The number of aryl methyl sites for hydroxylation is 1. The lowest BCUT2D eigenvalue weighted by atomic mass is 10.2. The van der Waals surface area contributed by atoms with Gasteiger partial charge in [0.05, 0.1) is 12.1 Å². The summed E-state index contributed by atoms with van der Waals surface area (Å²) in [6.07, 6.45) is 0. The molecule has 3 rings (SSSR count). The van der Waals surface area contributed by atoms with Gasteiger partial charge in [0, 0.05) is 25.9 Å². The van der Waals surface area contributed by atoms with Gasteiger partial charge >= 0.3 is 5.97 Å². The van der Waals surface area contributed by atoms with Gasteiger partial charge in [-0.1, -0.05) is 27.5 Å². The van der Waals surface area contributed by atoms with Crippen molar-refractivity contribution in [2.24, 2.45) is 0 Å². The van der Waals surface area contributed by atoms with Crippen molar-refractivity contribution in [1.82, 2.24) is 0 Å². The monoisotopic (exact) mass is 468 g/mol. The third-order valence-corrected chi connectivity index (χ3v) is 6.03. The lowest BCUT2D eigenvalue weighted by Crippen LogP contribution is -2.19. The SMILES string of the molecule is COC(=O)c1sc2cc(NC(=S)Nc3ccc(Br)cc3C)ccc2c1Cl. The normalized spacial score (nSPS) is 10.6. The molecule has 0 aliphatic heterocycles. The van der Waals surface area contributed by atoms with Crippen LogP contribution in [-0.2, 0) is 4.74 Å². The Hall–Kier alpha value is -1.67. The summed E-state index contributed by atoms with van der Waals surface area (Å²) in [6.45, 7) is 2.00. The molecule has 1 heterocycles. The minimum absolute atomic E-state index is 0.396. The highest BCUT2D eigenvalue weighted by Crippen LogP contribution is 2.37. The lowest BCUT2D eigenvalue weighted by Gasteiger charge is -2.13. The molecule has 0 aliphatic carbocycles. The molecule has 0 bridgehead atoms. The van der Waals surface area contributed by atoms with Crippen LogP contribution in [0.3, 0.4) is 0 Å². The molecule has 0 unspecified atom stereocenters. The Labute approximate surface area is 173 Å². The molecule has 2 N–H and O–H groups in total. The van der Waals surface area contributed by atoms with E-state index in [1.54, 1.807) is 0 Å².